The molecule has 0 atom stereocenters. The Balaban J connectivity index is 1.99. The lowest BCUT2D eigenvalue weighted by Gasteiger charge is -2.07. The van der Waals surface area contributed by atoms with Crippen LogP contribution in [0.5, 0.6) is 5.75 Å². The van der Waals surface area contributed by atoms with Gasteiger partial charge in [-0.3, -0.25) is 4.79 Å². The summed E-state index contributed by atoms with van der Waals surface area (Å²) in [5.41, 5.74) is 1.28. The van der Waals surface area contributed by atoms with E-state index in [1.54, 1.807) is 36.4 Å². The Bertz CT molecular complexity index is 567. The third-order valence-corrected chi connectivity index (χ3v) is 3.11. The zero-order chi connectivity index (χ0) is 14.4. The number of halogens is 1. The highest BCUT2D eigenvalue weighted by molar-refractivity contribution is 9.10. The number of benzene rings is 2. The van der Waals surface area contributed by atoms with Crippen molar-refractivity contribution in [1.29, 1.82) is 0 Å². The molecule has 20 heavy (non-hydrogen) atoms. The average molecular weight is 336 g/mol. The number of hydrogen-bond donors (Lipinski definition) is 2. The molecule has 0 fully saturated rings. The van der Waals surface area contributed by atoms with E-state index in [9.17, 15) is 4.79 Å². The summed E-state index contributed by atoms with van der Waals surface area (Å²) in [7, 11) is 0. The van der Waals surface area contributed by atoms with E-state index in [4.69, 9.17) is 9.84 Å². The summed E-state index contributed by atoms with van der Waals surface area (Å²) in [6.45, 7) is 0.229. The maximum Gasteiger partial charge on any atom is 0.255 e. The second-order valence-electron chi connectivity index (χ2n) is 4.06. The van der Waals surface area contributed by atoms with Crippen LogP contribution in [0.15, 0.2) is 53.0 Å². The van der Waals surface area contributed by atoms with Crippen LogP contribution in [0.25, 0.3) is 0 Å². The molecule has 0 aromatic heterocycles. The average Bonchev–Trinajstić information content (AvgIpc) is 2.47. The molecule has 0 aliphatic heterocycles. The van der Waals surface area contributed by atoms with Gasteiger partial charge in [0.1, 0.15) is 12.4 Å². The van der Waals surface area contributed by atoms with Crippen molar-refractivity contribution < 1.29 is 14.6 Å². The van der Waals surface area contributed by atoms with Crippen LogP contribution >= 0.6 is 15.9 Å². The van der Waals surface area contributed by atoms with Crippen LogP contribution in [0.4, 0.5) is 5.69 Å². The van der Waals surface area contributed by atoms with Gasteiger partial charge in [0.05, 0.1) is 6.61 Å². The van der Waals surface area contributed by atoms with E-state index in [0.717, 1.165) is 4.47 Å². The van der Waals surface area contributed by atoms with E-state index in [0.29, 0.717) is 17.0 Å². The van der Waals surface area contributed by atoms with Gasteiger partial charge in [0, 0.05) is 15.7 Å². The zero-order valence-corrected chi connectivity index (χ0v) is 12.3. The quantitative estimate of drug-likeness (QED) is 0.882. The first-order chi connectivity index (χ1) is 9.69. The van der Waals surface area contributed by atoms with Crippen molar-refractivity contribution in [2.75, 3.05) is 18.5 Å². The minimum absolute atomic E-state index is 0.0257. The maximum atomic E-state index is 12.0. The standard InChI is InChI=1S/C15H14BrNO3/c16-12-3-1-11(2-4-12)15(19)17-13-5-7-14(8-6-13)20-10-9-18/h1-8,18H,9-10H2,(H,17,19). The number of amides is 1. The van der Waals surface area contributed by atoms with Crippen molar-refractivity contribution in [3.05, 3.63) is 58.6 Å². The van der Waals surface area contributed by atoms with Gasteiger partial charge in [0.25, 0.3) is 5.91 Å². The van der Waals surface area contributed by atoms with Crippen LogP contribution in [0.3, 0.4) is 0 Å². The fraction of sp³-hybridized carbons (Fsp3) is 0.133. The Labute approximate surface area is 125 Å². The molecule has 2 N–H and O–H groups in total. The molecule has 0 bridgehead atoms. The van der Waals surface area contributed by atoms with Crippen LogP contribution in [0, 0.1) is 0 Å². The van der Waals surface area contributed by atoms with Crippen molar-refractivity contribution in [3.63, 3.8) is 0 Å². The minimum Gasteiger partial charge on any atom is -0.491 e. The second kappa shape index (κ2) is 7.07. The van der Waals surface area contributed by atoms with Gasteiger partial charge in [-0.25, -0.2) is 0 Å². The lowest BCUT2D eigenvalue weighted by molar-refractivity contribution is 0.102. The van der Waals surface area contributed by atoms with E-state index in [2.05, 4.69) is 21.2 Å². The van der Waals surface area contributed by atoms with Crippen LogP contribution in [0.1, 0.15) is 10.4 Å². The highest BCUT2D eigenvalue weighted by Crippen LogP contribution is 2.17. The smallest absolute Gasteiger partial charge is 0.255 e. The fourth-order valence-corrected chi connectivity index (χ4v) is 1.87. The van der Waals surface area contributed by atoms with Gasteiger partial charge in [-0.2, -0.15) is 0 Å². The van der Waals surface area contributed by atoms with Crippen molar-refractivity contribution in [2.24, 2.45) is 0 Å². The fourth-order valence-electron chi connectivity index (χ4n) is 1.60. The van der Waals surface area contributed by atoms with Crippen LogP contribution in [-0.2, 0) is 0 Å². The van der Waals surface area contributed by atoms with Crippen molar-refractivity contribution in [1.82, 2.24) is 0 Å². The Kier molecular flexibility index (Phi) is 5.15. The SMILES string of the molecule is O=C(Nc1ccc(OCCO)cc1)c1ccc(Br)cc1. The number of nitrogens with one attached hydrogen (secondary N) is 1. The Morgan fingerprint density at radius 2 is 1.75 bits per heavy atom. The summed E-state index contributed by atoms with van der Waals surface area (Å²) in [6, 6.07) is 14.1. The first-order valence-corrected chi connectivity index (χ1v) is 6.89. The van der Waals surface area contributed by atoms with Crippen molar-refractivity contribution >= 4 is 27.5 Å². The molecule has 0 spiro atoms. The molecule has 2 rings (SSSR count). The molecule has 1 amide bonds. The van der Waals surface area contributed by atoms with E-state index in [1.807, 2.05) is 12.1 Å². The zero-order valence-electron chi connectivity index (χ0n) is 10.7. The van der Waals surface area contributed by atoms with Gasteiger partial charge in [-0.1, -0.05) is 15.9 Å². The molecule has 0 saturated carbocycles. The number of anilines is 1. The number of hydrogen-bond acceptors (Lipinski definition) is 3. The predicted octanol–water partition coefficient (Wildman–Crippen LogP) is 3.07. The number of aliphatic hydroxyl groups excluding tert-OH is 1. The molecule has 2 aromatic rings. The Hall–Kier alpha value is -1.85. The number of ether oxygens (including phenoxy) is 1. The molecular weight excluding hydrogens is 322 g/mol. The van der Waals surface area contributed by atoms with Gasteiger partial charge in [0.15, 0.2) is 0 Å². The number of carbonyl (C=O) groups is 1. The first kappa shape index (κ1) is 14.6. The summed E-state index contributed by atoms with van der Waals surface area (Å²) in [5, 5.41) is 11.5. The monoisotopic (exact) mass is 335 g/mol. The molecular formula is C15H14BrNO3. The lowest BCUT2D eigenvalue weighted by Crippen LogP contribution is -2.11. The first-order valence-electron chi connectivity index (χ1n) is 6.09. The third kappa shape index (κ3) is 4.08. The lowest BCUT2D eigenvalue weighted by atomic mass is 10.2. The predicted molar refractivity (Wildman–Crippen MR) is 81.1 cm³/mol. The van der Waals surface area contributed by atoms with Gasteiger partial charge >= 0.3 is 0 Å². The minimum atomic E-state index is -0.165. The molecule has 0 aliphatic carbocycles. The van der Waals surface area contributed by atoms with E-state index in [-0.39, 0.29) is 19.1 Å². The summed E-state index contributed by atoms with van der Waals surface area (Å²) in [5.74, 6) is 0.488. The maximum absolute atomic E-state index is 12.0. The van der Waals surface area contributed by atoms with Gasteiger partial charge < -0.3 is 15.2 Å². The molecule has 0 heterocycles. The number of rotatable bonds is 5. The van der Waals surface area contributed by atoms with Crippen LogP contribution in [-0.4, -0.2) is 24.2 Å². The molecule has 0 radical (unpaired) electrons. The Morgan fingerprint density at radius 1 is 1.10 bits per heavy atom. The van der Waals surface area contributed by atoms with Gasteiger partial charge in [-0.05, 0) is 48.5 Å². The third-order valence-electron chi connectivity index (χ3n) is 2.58. The molecule has 0 saturated heterocycles. The molecule has 5 heteroatoms. The largest absolute Gasteiger partial charge is 0.491 e. The summed E-state index contributed by atoms with van der Waals surface area (Å²) in [6.07, 6.45) is 0. The topological polar surface area (TPSA) is 58.6 Å². The molecule has 0 aliphatic rings. The molecule has 104 valence electrons. The van der Waals surface area contributed by atoms with Crippen molar-refractivity contribution in [3.8, 4) is 5.75 Å². The van der Waals surface area contributed by atoms with Crippen molar-refractivity contribution in [2.45, 2.75) is 0 Å². The number of aliphatic hydroxyl groups is 1. The van der Waals surface area contributed by atoms with Gasteiger partial charge in [0.2, 0.25) is 0 Å². The van der Waals surface area contributed by atoms with E-state index < -0.39 is 0 Å². The Morgan fingerprint density at radius 3 is 2.35 bits per heavy atom. The van der Waals surface area contributed by atoms with E-state index in [1.165, 1.54) is 0 Å². The molecule has 0 unspecified atom stereocenters. The van der Waals surface area contributed by atoms with E-state index >= 15 is 0 Å². The highest BCUT2D eigenvalue weighted by atomic mass is 79.9. The summed E-state index contributed by atoms with van der Waals surface area (Å²) in [4.78, 5) is 12.0. The normalized spacial score (nSPS) is 10.1. The summed E-state index contributed by atoms with van der Waals surface area (Å²) < 4.78 is 6.18. The molecule has 4 nitrogen and oxygen atoms in total. The highest BCUT2D eigenvalue weighted by Gasteiger charge is 2.05. The van der Waals surface area contributed by atoms with Gasteiger partial charge in [-0.15, -0.1) is 0 Å². The number of carbonyl (C=O) groups excluding carboxylic acids is 1. The van der Waals surface area contributed by atoms with Crippen LogP contribution in [0.2, 0.25) is 0 Å². The molecule has 2 aromatic carbocycles. The van der Waals surface area contributed by atoms with Crippen LogP contribution < -0.4 is 10.1 Å². The second-order valence-corrected chi connectivity index (χ2v) is 4.97. The summed E-state index contributed by atoms with van der Waals surface area (Å²) >= 11 is 3.33.